The fourth-order valence-electron chi connectivity index (χ4n) is 0.935. The lowest BCUT2D eigenvalue weighted by Gasteiger charge is -2.08. The summed E-state index contributed by atoms with van der Waals surface area (Å²) in [6.07, 6.45) is -0.423. The molecule has 72 valence electrons. The topological polar surface area (TPSA) is 29.5 Å². The van der Waals surface area contributed by atoms with Crippen LogP contribution in [-0.2, 0) is 5.33 Å². The fourth-order valence-corrected chi connectivity index (χ4v) is 1.28. The molecule has 1 unspecified atom stereocenters. The van der Waals surface area contributed by atoms with Gasteiger partial charge in [-0.05, 0) is 24.6 Å². The average molecular weight is 245 g/mol. The van der Waals surface area contributed by atoms with Gasteiger partial charge in [-0.1, -0.05) is 28.1 Å². The van der Waals surface area contributed by atoms with Gasteiger partial charge in [0.25, 0.3) is 0 Å². The zero-order valence-corrected chi connectivity index (χ0v) is 9.12. The molecule has 0 aliphatic rings. The first-order chi connectivity index (χ1) is 6.22. The van der Waals surface area contributed by atoms with Crippen molar-refractivity contribution in [3.05, 3.63) is 29.8 Å². The highest BCUT2D eigenvalue weighted by Gasteiger charge is 1.98. The van der Waals surface area contributed by atoms with E-state index in [-0.39, 0.29) is 0 Å². The second kappa shape index (κ2) is 5.25. The number of benzene rings is 1. The van der Waals surface area contributed by atoms with Gasteiger partial charge in [-0.2, -0.15) is 0 Å². The van der Waals surface area contributed by atoms with Crippen LogP contribution in [0.25, 0.3) is 0 Å². The summed E-state index contributed by atoms with van der Waals surface area (Å²) in [7, 11) is 0. The number of hydrogen-bond donors (Lipinski definition) is 1. The maximum Gasteiger partial charge on any atom is 0.119 e. The molecule has 0 radical (unpaired) electrons. The molecule has 0 amide bonds. The molecule has 1 rings (SSSR count). The maximum absolute atomic E-state index is 9.01. The minimum absolute atomic E-state index is 0.339. The van der Waals surface area contributed by atoms with Gasteiger partial charge in [-0.25, -0.2) is 0 Å². The molecule has 13 heavy (non-hydrogen) atoms. The molecule has 0 aliphatic carbocycles. The van der Waals surface area contributed by atoms with Crippen LogP contribution in [0.2, 0.25) is 0 Å². The molecule has 0 saturated carbocycles. The number of rotatable bonds is 4. The molecular weight excluding hydrogens is 232 g/mol. The van der Waals surface area contributed by atoms with E-state index in [1.807, 2.05) is 24.3 Å². The van der Waals surface area contributed by atoms with Gasteiger partial charge >= 0.3 is 0 Å². The second-order valence-corrected chi connectivity index (χ2v) is 3.50. The molecule has 1 atom stereocenters. The molecule has 1 aromatic carbocycles. The molecular formula is C10H13BrO2. The van der Waals surface area contributed by atoms with E-state index in [2.05, 4.69) is 15.9 Å². The van der Waals surface area contributed by atoms with E-state index < -0.39 is 6.10 Å². The van der Waals surface area contributed by atoms with E-state index in [0.29, 0.717) is 6.61 Å². The quantitative estimate of drug-likeness (QED) is 0.825. The van der Waals surface area contributed by atoms with Crippen LogP contribution < -0.4 is 4.74 Å². The third-order valence-electron chi connectivity index (χ3n) is 1.54. The third-order valence-corrected chi connectivity index (χ3v) is 2.19. The summed E-state index contributed by atoms with van der Waals surface area (Å²) < 4.78 is 5.34. The summed E-state index contributed by atoms with van der Waals surface area (Å²) in [4.78, 5) is 0. The monoisotopic (exact) mass is 244 g/mol. The van der Waals surface area contributed by atoms with Crippen LogP contribution >= 0.6 is 15.9 Å². The van der Waals surface area contributed by atoms with E-state index in [1.165, 1.54) is 5.56 Å². The SMILES string of the molecule is CC(O)COc1cccc(CBr)c1. The van der Waals surface area contributed by atoms with Crippen molar-refractivity contribution >= 4 is 15.9 Å². The van der Waals surface area contributed by atoms with E-state index in [4.69, 9.17) is 9.84 Å². The predicted molar refractivity (Wildman–Crippen MR) is 56.2 cm³/mol. The van der Waals surface area contributed by atoms with E-state index in [9.17, 15) is 0 Å². The van der Waals surface area contributed by atoms with Crippen LogP contribution in [0.15, 0.2) is 24.3 Å². The molecule has 1 N–H and O–H groups in total. The van der Waals surface area contributed by atoms with Crippen LogP contribution in [0.4, 0.5) is 0 Å². The molecule has 0 fully saturated rings. The highest BCUT2D eigenvalue weighted by molar-refractivity contribution is 9.08. The lowest BCUT2D eigenvalue weighted by molar-refractivity contribution is 0.122. The lowest BCUT2D eigenvalue weighted by atomic mass is 10.2. The van der Waals surface area contributed by atoms with Gasteiger partial charge in [-0.15, -0.1) is 0 Å². The molecule has 3 heteroatoms. The summed E-state index contributed by atoms with van der Waals surface area (Å²) in [6, 6.07) is 7.80. The first kappa shape index (κ1) is 10.5. The van der Waals surface area contributed by atoms with Crippen molar-refractivity contribution in [3.63, 3.8) is 0 Å². The van der Waals surface area contributed by atoms with Gasteiger partial charge in [-0.3, -0.25) is 0 Å². The summed E-state index contributed by atoms with van der Waals surface area (Å²) in [5.41, 5.74) is 1.17. The van der Waals surface area contributed by atoms with Crippen molar-refractivity contribution in [3.8, 4) is 5.75 Å². The van der Waals surface area contributed by atoms with Gasteiger partial charge in [0.15, 0.2) is 0 Å². The molecule has 0 saturated heterocycles. The third kappa shape index (κ3) is 3.79. The summed E-state index contributed by atoms with van der Waals surface area (Å²) >= 11 is 3.37. The Morgan fingerprint density at radius 1 is 1.54 bits per heavy atom. The van der Waals surface area contributed by atoms with Crippen molar-refractivity contribution in [2.24, 2.45) is 0 Å². The second-order valence-electron chi connectivity index (χ2n) is 2.94. The van der Waals surface area contributed by atoms with Crippen LogP contribution in [-0.4, -0.2) is 17.8 Å². The van der Waals surface area contributed by atoms with E-state index in [1.54, 1.807) is 6.92 Å². The van der Waals surface area contributed by atoms with Gasteiger partial charge in [0.2, 0.25) is 0 Å². The van der Waals surface area contributed by atoms with Gasteiger partial charge in [0, 0.05) is 5.33 Å². The zero-order chi connectivity index (χ0) is 9.68. The number of hydrogen-bond acceptors (Lipinski definition) is 2. The van der Waals surface area contributed by atoms with Crippen LogP contribution in [0.1, 0.15) is 12.5 Å². The number of halogens is 1. The summed E-state index contributed by atoms with van der Waals surface area (Å²) in [5.74, 6) is 0.804. The highest BCUT2D eigenvalue weighted by atomic mass is 79.9. The first-order valence-corrected chi connectivity index (χ1v) is 5.30. The summed E-state index contributed by atoms with van der Waals surface area (Å²) in [5, 5.41) is 9.82. The van der Waals surface area contributed by atoms with Crippen molar-refractivity contribution in [2.45, 2.75) is 18.4 Å². The van der Waals surface area contributed by atoms with E-state index >= 15 is 0 Å². The molecule has 0 aliphatic heterocycles. The molecule has 1 aromatic rings. The van der Waals surface area contributed by atoms with E-state index in [0.717, 1.165) is 11.1 Å². The standard InChI is InChI=1S/C10H13BrO2/c1-8(12)7-13-10-4-2-3-9(5-10)6-11/h2-5,8,12H,6-7H2,1H3. The Balaban J connectivity index is 2.56. The predicted octanol–water partition coefficient (Wildman–Crippen LogP) is 2.34. The Morgan fingerprint density at radius 2 is 2.31 bits per heavy atom. The number of aliphatic hydroxyl groups is 1. The number of aliphatic hydroxyl groups excluding tert-OH is 1. The number of ether oxygens (including phenoxy) is 1. The fraction of sp³-hybridized carbons (Fsp3) is 0.400. The Bertz CT molecular complexity index is 261. The number of alkyl halides is 1. The first-order valence-electron chi connectivity index (χ1n) is 4.18. The smallest absolute Gasteiger partial charge is 0.119 e. The van der Waals surface area contributed by atoms with Crippen LogP contribution in [0.5, 0.6) is 5.75 Å². The summed E-state index contributed by atoms with van der Waals surface area (Å²) in [6.45, 7) is 2.04. The molecule has 0 spiro atoms. The molecule has 0 aromatic heterocycles. The van der Waals surface area contributed by atoms with Gasteiger partial charge in [0.05, 0.1) is 6.10 Å². The minimum atomic E-state index is -0.423. The Labute approximate surface area is 86.7 Å². The molecule has 0 heterocycles. The van der Waals surface area contributed by atoms with Gasteiger partial charge < -0.3 is 9.84 Å². The Morgan fingerprint density at radius 3 is 2.92 bits per heavy atom. The Kier molecular flexibility index (Phi) is 4.25. The van der Waals surface area contributed by atoms with Crippen molar-refractivity contribution < 1.29 is 9.84 Å². The zero-order valence-electron chi connectivity index (χ0n) is 7.53. The van der Waals surface area contributed by atoms with Gasteiger partial charge in [0.1, 0.15) is 12.4 Å². The maximum atomic E-state index is 9.01. The highest BCUT2D eigenvalue weighted by Crippen LogP contribution is 2.15. The molecule has 0 bridgehead atoms. The largest absolute Gasteiger partial charge is 0.491 e. The van der Waals surface area contributed by atoms with Crippen molar-refractivity contribution in [1.82, 2.24) is 0 Å². The van der Waals surface area contributed by atoms with Crippen molar-refractivity contribution in [1.29, 1.82) is 0 Å². The van der Waals surface area contributed by atoms with Crippen LogP contribution in [0.3, 0.4) is 0 Å². The minimum Gasteiger partial charge on any atom is -0.491 e. The molecule has 2 nitrogen and oxygen atoms in total. The lowest BCUT2D eigenvalue weighted by Crippen LogP contribution is -2.12. The van der Waals surface area contributed by atoms with Crippen molar-refractivity contribution in [2.75, 3.05) is 6.61 Å². The van der Waals surface area contributed by atoms with Crippen LogP contribution in [0, 0.1) is 0 Å². The average Bonchev–Trinajstić information content (AvgIpc) is 2.15. The normalized spacial score (nSPS) is 12.5. The Hall–Kier alpha value is -0.540.